The van der Waals surface area contributed by atoms with E-state index in [-0.39, 0.29) is 11.2 Å². The van der Waals surface area contributed by atoms with Crippen molar-refractivity contribution >= 4 is 38.7 Å². The van der Waals surface area contributed by atoms with Gasteiger partial charge in [-0.1, -0.05) is 15.9 Å². The van der Waals surface area contributed by atoms with Gasteiger partial charge in [-0.25, -0.2) is 14.4 Å². The van der Waals surface area contributed by atoms with Crippen LogP contribution in [-0.4, -0.2) is 14.5 Å². The molecule has 20 heavy (non-hydrogen) atoms. The smallest absolute Gasteiger partial charge is 0.164 e. The molecule has 0 aliphatic rings. The summed E-state index contributed by atoms with van der Waals surface area (Å²) in [6.07, 6.45) is 1.65. The van der Waals surface area contributed by atoms with Gasteiger partial charge >= 0.3 is 0 Å². The SMILES string of the molecule is CC(Cl)c1nc2cccnc2n1-c1cc(Br)ccc1F. The topological polar surface area (TPSA) is 30.7 Å². The first-order valence-corrected chi connectivity index (χ1v) is 7.23. The van der Waals surface area contributed by atoms with Crippen LogP contribution in [0.1, 0.15) is 18.1 Å². The van der Waals surface area contributed by atoms with E-state index in [9.17, 15) is 4.39 Å². The lowest BCUT2D eigenvalue weighted by Gasteiger charge is -2.11. The largest absolute Gasteiger partial charge is 0.276 e. The number of imidazole rings is 1. The first kappa shape index (κ1) is 13.5. The van der Waals surface area contributed by atoms with Crippen LogP contribution in [0.4, 0.5) is 4.39 Å². The molecule has 0 radical (unpaired) electrons. The highest BCUT2D eigenvalue weighted by Crippen LogP contribution is 2.29. The highest BCUT2D eigenvalue weighted by Gasteiger charge is 2.19. The van der Waals surface area contributed by atoms with E-state index in [1.165, 1.54) is 6.07 Å². The van der Waals surface area contributed by atoms with Gasteiger partial charge in [-0.2, -0.15) is 0 Å². The van der Waals surface area contributed by atoms with E-state index < -0.39 is 0 Å². The lowest BCUT2D eigenvalue weighted by molar-refractivity contribution is 0.615. The third-order valence-corrected chi connectivity index (χ3v) is 3.64. The van der Waals surface area contributed by atoms with Crippen molar-refractivity contribution in [1.29, 1.82) is 0 Å². The molecular weight excluding hydrogens is 345 g/mol. The van der Waals surface area contributed by atoms with Crippen molar-refractivity contribution < 1.29 is 4.39 Å². The molecule has 1 aromatic carbocycles. The predicted molar refractivity (Wildman–Crippen MR) is 80.8 cm³/mol. The Kier molecular flexibility index (Phi) is 3.48. The number of halogens is 3. The van der Waals surface area contributed by atoms with Gasteiger partial charge in [0, 0.05) is 10.7 Å². The highest BCUT2D eigenvalue weighted by molar-refractivity contribution is 9.10. The molecule has 0 aliphatic carbocycles. The molecule has 0 N–H and O–H groups in total. The quantitative estimate of drug-likeness (QED) is 0.629. The summed E-state index contributed by atoms with van der Waals surface area (Å²) in [5.74, 6) is 0.217. The van der Waals surface area contributed by atoms with Gasteiger partial charge in [0.15, 0.2) is 5.65 Å². The third kappa shape index (κ3) is 2.21. The van der Waals surface area contributed by atoms with Crippen LogP contribution in [-0.2, 0) is 0 Å². The Labute approximate surface area is 128 Å². The number of pyridine rings is 1. The zero-order valence-electron chi connectivity index (χ0n) is 10.5. The molecule has 3 nitrogen and oxygen atoms in total. The zero-order valence-corrected chi connectivity index (χ0v) is 12.9. The number of rotatable bonds is 2. The summed E-state index contributed by atoms with van der Waals surface area (Å²) in [5, 5.41) is -0.359. The van der Waals surface area contributed by atoms with E-state index in [2.05, 4.69) is 25.9 Å². The summed E-state index contributed by atoms with van der Waals surface area (Å²) in [7, 11) is 0. The van der Waals surface area contributed by atoms with E-state index in [1.54, 1.807) is 35.9 Å². The Balaban J connectivity index is 2.39. The van der Waals surface area contributed by atoms with Gasteiger partial charge in [-0.05, 0) is 37.3 Å². The minimum absolute atomic E-state index is 0.350. The van der Waals surface area contributed by atoms with Crippen LogP contribution < -0.4 is 0 Å². The second-order valence-electron chi connectivity index (χ2n) is 4.36. The zero-order chi connectivity index (χ0) is 14.3. The number of aromatic nitrogens is 3. The first-order chi connectivity index (χ1) is 9.58. The van der Waals surface area contributed by atoms with Crippen LogP contribution in [0.15, 0.2) is 41.0 Å². The van der Waals surface area contributed by atoms with Gasteiger partial charge in [0.2, 0.25) is 0 Å². The van der Waals surface area contributed by atoms with Crippen LogP contribution >= 0.6 is 27.5 Å². The average molecular weight is 355 g/mol. The first-order valence-electron chi connectivity index (χ1n) is 6.01. The van der Waals surface area contributed by atoms with Crippen LogP contribution in [0.3, 0.4) is 0 Å². The highest BCUT2D eigenvalue weighted by atomic mass is 79.9. The van der Waals surface area contributed by atoms with Gasteiger partial charge in [0.25, 0.3) is 0 Å². The summed E-state index contributed by atoms with van der Waals surface area (Å²) in [6.45, 7) is 1.80. The number of hydrogen-bond donors (Lipinski definition) is 0. The second-order valence-corrected chi connectivity index (χ2v) is 5.93. The standard InChI is InChI=1S/C14H10BrClFN3/c1-8(16)13-19-11-3-2-6-18-14(11)20(13)12-7-9(15)4-5-10(12)17/h2-8H,1H3. The molecule has 0 amide bonds. The molecule has 3 rings (SSSR count). The van der Waals surface area contributed by atoms with Crippen LogP contribution in [0.25, 0.3) is 16.9 Å². The van der Waals surface area contributed by atoms with Crippen LogP contribution in [0.2, 0.25) is 0 Å². The molecule has 0 fully saturated rings. The fourth-order valence-electron chi connectivity index (χ4n) is 2.09. The van der Waals surface area contributed by atoms with Gasteiger partial charge in [-0.15, -0.1) is 11.6 Å². The van der Waals surface area contributed by atoms with Crippen molar-refractivity contribution in [2.75, 3.05) is 0 Å². The number of benzene rings is 1. The molecule has 6 heteroatoms. The number of alkyl halides is 1. The summed E-state index contributed by atoms with van der Waals surface area (Å²) in [5.41, 5.74) is 1.66. The van der Waals surface area contributed by atoms with Crippen molar-refractivity contribution in [2.45, 2.75) is 12.3 Å². The fourth-order valence-corrected chi connectivity index (χ4v) is 2.59. The molecule has 0 saturated carbocycles. The minimum Gasteiger partial charge on any atom is -0.276 e. The molecular formula is C14H10BrClFN3. The van der Waals surface area contributed by atoms with Crippen molar-refractivity contribution in [2.24, 2.45) is 0 Å². The molecule has 0 spiro atoms. The van der Waals surface area contributed by atoms with Crippen molar-refractivity contribution in [3.63, 3.8) is 0 Å². The Morgan fingerprint density at radius 1 is 1.35 bits per heavy atom. The summed E-state index contributed by atoms with van der Waals surface area (Å²) in [4.78, 5) is 8.74. The maximum absolute atomic E-state index is 14.2. The summed E-state index contributed by atoms with van der Waals surface area (Å²) >= 11 is 9.53. The maximum atomic E-state index is 14.2. The van der Waals surface area contributed by atoms with E-state index in [4.69, 9.17) is 11.6 Å². The molecule has 0 aliphatic heterocycles. The molecule has 2 heterocycles. The Hall–Kier alpha value is -1.46. The fraction of sp³-hybridized carbons (Fsp3) is 0.143. The molecule has 3 aromatic rings. The van der Waals surface area contributed by atoms with Crippen molar-refractivity contribution in [3.05, 3.63) is 52.6 Å². The molecule has 0 saturated heterocycles. The van der Waals surface area contributed by atoms with E-state index in [0.29, 0.717) is 22.7 Å². The summed E-state index contributed by atoms with van der Waals surface area (Å²) in [6, 6.07) is 8.36. The van der Waals surface area contributed by atoms with E-state index in [1.807, 2.05) is 6.07 Å². The van der Waals surface area contributed by atoms with Gasteiger partial charge in [-0.3, -0.25) is 4.57 Å². The molecule has 1 unspecified atom stereocenters. The van der Waals surface area contributed by atoms with Crippen molar-refractivity contribution in [3.8, 4) is 5.69 Å². The lowest BCUT2D eigenvalue weighted by atomic mass is 10.3. The number of hydrogen-bond acceptors (Lipinski definition) is 2. The molecule has 2 aromatic heterocycles. The second kappa shape index (κ2) is 5.14. The van der Waals surface area contributed by atoms with E-state index in [0.717, 1.165) is 4.47 Å². The van der Waals surface area contributed by atoms with Crippen LogP contribution in [0.5, 0.6) is 0 Å². The van der Waals surface area contributed by atoms with Gasteiger partial charge < -0.3 is 0 Å². The van der Waals surface area contributed by atoms with E-state index >= 15 is 0 Å². The van der Waals surface area contributed by atoms with Gasteiger partial charge in [0.05, 0.1) is 11.1 Å². The Morgan fingerprint density at radius 2 is 2.15 bits per heavy atom. The average Bonchev–Trinajstić information content (AvgIpc) is 2.81. The van der Waals surface area contributed by atoms with Gasteiger partial charge in [0.1, 0.15) is 17.2 Å². The molecule has 1 atom stereocenters. The monoisotopic (exact) mass is 353 g/mol. The molecule has 102 valence electrons. The molecule has 0 bridgehead atoms. The normalized spacial score (nSPS) is 12.8. The Morgan fingerprint density at radius 3 is 2.90 bits per heavy atom. The summed E-state index contributed by atoms with van der Waals surface area (Å²) < 4.78 is 16.6. The van der Waals surface area contributed by atoms with Crippen LogP contribution in [0, 0.1) is 5.82 Å². The third-order valence-electron chi connectivity index (χ3n) is 2.95. The van der Waals surface area contributed by atoms with Crippen molar-refractivity contribution in [1.82, 2.24) is 14.5 Å². The lowest BCUT2D eigenvalue weighted by Crippen LogP contribution is -2.05. The number of fused-ring (bicyclic) bond motifs is 1. The number of nitrogens with zero attached hydrogens (tertiary/aromatic N) is 3. The minimum atomic E-state index is -0.359. The Bertz CT molecular complexity index is 785. The maximum Gasteiger partial charge on any atom is 0.164 e. The predicted octanol–water partition coefficient (Wildman–Crippen LogP) is 4.62.